The van der Waals surface area contributed by atoms with E-state index in [1.54, 1.807) is 35.6 Å². The number of hydrogen-bond donors (Lipinski definition) is 1. The lowest BCUT2D eigenvalue weighted by Gasteiger charge is -2.06. The molecule has 0 spiro atoms. The molecular formula is C12H12BrNO2S2. The molecule has 0 fully saturated rings. The van der Waals surface area contributed by atoms with E-state index in [0.29, 0.717) is 6.54 Å². The van der Waals surface area contributed by atoms with E-state index >= 15 is 0 Å². The van der Waals surface area contributed by atoms with Crippen LogP contribution in [0.1, 0.15) is 10.4 Å². The van der Waals surface area contributed by atoms with Crippen molar-refractivity contribution in [3.8, 4) is 0 Å². The smallest absolute Gasteiger partial charge is 0.207 e. The van der Waals surface area contributed by atoms with Crippen LogP contribution in [0.25, 0.3) is 0 Å². The maximum Gasteiger partial charge on any atom is 0.240 e. The van der Waals surface area contributed by atoms with Crippen molar-refractivity contribution in [1.29, 1.82) is 0 Å². The molecule has 96 valence electrons. The molecule has 0 unspecified atom stereocenters. The molecule has 0 atom stereocenters. The van der Waals surface area contributed by atoms with Crippen LogP contribution in [-0.2, 0) is 16.6 Å². The molecule has 0 aliphatic carbocycles. The lowest BCUT2D eigenvalue weighted by molar-refractivity contribution is 0.581. The molecule has 0 aliphatic rings. The maximum absolute atomic E-state index is 12.1. The van der Waals surface area contributed by atoms with Gasteiger partial charge in [-0.3, -0.25) is 0 Å². The van der Waals surface area contributed by atoms with Gasteiger partial charge in [0.2, 0.25) is 10.0 Å². The van der Waals surface area contributed by atoms with Crippen LogP contribution in [0, 0.1) is 6.92 Å². The summed E-state index contributed by atoms with van der Waals surface area (Å²) < 4.78 is 27.5. The van der Waals surface area contributed by atoms with Crippen LogP contribution in [0.5, 0.6) is 0 Å². The van der Waals surface area contributed by atoms with Crippen molar-refractivity contribution in [3.63, 3.8) is 0 Å². The van der Waals surface area contributed by atoms with Crippen molar-refractivity contribution in [2.45, 2.75) is 18.4 Å². The van der Waals surface area contributed by atoms with E-state index in [1.807, 2.05) is 18.4 Å². The average Bonchev–Trinajstić information content (AvgIpc) is 2.72. The largest absolute Gasteiger partial charge is 0.240 e. The lowest BCUT2D eigenvalue weighted by Crippen LogP contribution is -2.23. The zero-order valence-electron chi connectivity index (χ0n) is 9.68. The zero-order valence-corrected chi connectivity index (χ0v) is 12.9. The van der Waals surface area contributed by atoms with Crippen molar-refractivity contribution in [1.82, 2.24) is 4.72 Å². The average molecular weight is 346 g/mol. The summed E-state index contributed by atoms with van der Waals surface area (Å²) in [5.74, 6) is 0. The van der Waals surface area contributed by atoms with Crippen LogP contribution in [-0.4, -0.2) is 8.42 Å². The monoisotopic (exact) mass is 345 g/mol. The molecule has 0 aliphatic heterocycles. The highest BCUT2D eigenvalue weighted by Crippen LogP contribution is 2.18. The molecule has 6 heteroatoms. The van der Waals surface area contributed by atoms with Crippen molar-refractivity contribution in [3.05, 3.63) is 50.6 Å². The minimum Gasteiger partial charge on any atom is -0.207 e. The molecule has 1 heterocycles. The molecule has 0 amide bonds. The fourth-order valence-electron chi connectivity index (χ4n) is 1.46. The summed E-state index contributed by atoms with van der Waals surface area (Å²) in [4.78, 5) is 1.31. The predicted molar refractivity (Wildman–Crippen MR) is 77.2 cm³/mol. The Bertz CT molecular complexity index is 650. The van der Waals surface area contributed by atoms with E-state index in [1.165, 1.54) is 0 Å². The van der Waals surface area contributed by atoms with Gasteiger partial charge < -0.3 is 0 Å². The van der Waals surface area contributed by atoms with E-state index in [0.717, 1.165) is 14.9 Å². The van der Waals surface area contributed by atoms with Gasteiger partial charge in [-0.05, 0) is 42.1 Å². The first kappa shape index (κ1) is 13.7. The Balaban J connectivity index is 2.16. The summed E-state index contributed by atoms with van der Waals surface area (Å²) >= 11 is 4.82. The van der Waals surface area contributed by atoms with Gasteiger partial charge in [0, 0.05) is 15.9 Å². The van der Waals surface area contributed by atoms with Crippen LogP contribution >= 0.6 is 27.3 Å². The van der Waals surface area contributed by atoms with Gasteiger partial charge in [-0.1, -0.05) is 22.0 Å². The first-order chi connectivity index (χ1) is 8.49. The second-order valence-corrected chi connectivity index (χ2v) is 7.49. The molecule has 0 saturated heterocycles. The Morgan fingerprint density at radius 3 is 2.72 bits per heavy atom. The van der Waals surface area contributed by atoms with E-state index in [2.05, 4.69) is 20.7 Å². The Labute approximate surface area is 119 Å². The molecule has 1 aromatic carbocycles. The van der Waals surface area contributed by atoms with E-state index in [9.17, 15) is 8.42 Å². The minimum absolute atomic E-state index is 0.270. The first-order valence-electron chi connectivity index (χ1n) is 5.27. The molecule has 2 aromatic rings. The molecule has 1 aromatic heterocycles. The topological polar surface area (TPSA) is 46.2 Å². The summed E-state index contributed by atoms with van der Waals surface area (Å²) in [6, 6.07) is 8.64. The molecule has 0 bridgehead atoms. The maximum atomic E-state index is 12.1. The van der Waals surface area contributed by atoms with Gasteiger partial charge in [-0.25, -0.2) is 13.1 Å². The van der Waals surface area contributed by atoms with Crippen LogP contribution in [0.4, 0.5) is 0 Å². The van der Waals surface area contributed by atoms with Gasteiger partial charge in [-0.15, -0.1) is 11.3 Å². The van der Waals surface area contributed by atoms with Crippen LogP contribution in [0.3, 0.4) is 0 Å². The molecule has 2 rings (SSSR count). The van der Waals surface area contributed by atoms with Gasteiger partial charge in [0.05, 0.1) is 4.90 Å². The van der Waals surface area contributed by atoms with Crippen LogP contribution in [0.15, 0.2) is 45.1 Å². The molecule has 3 nitrogen and oxygen atoms in total. The highest BCUT2D eigenvalue weighted by Gasteiger charge is 2.14. The summed E-state index contributed by atoms with van der Waals surface area (Å²) in [6.45, 7) is 2.30. The molecule has 18 heavy (non-hydrogen) atoms. The molecule has 0 saturated carbocycles. The number of halogens is 1. The van der Waals surface area contributed by atoms with Crippen molar-refractivity contribution in [2.24, 2.45) is 0 Å². The number of benzene rings is 1. The van der Waals surface area contributed by atoms with E-state index in [-0.39, 0.29) is 4.90 Å². The predicted octanol–water partition coefficient (Wildman–Crippen LogP) is 3.30. The highest BCUT2D eigenvalue weighted by atomic mass is 79.9. The second-order valence-electron chi connectivity index (χ2n) is 3.81. The second kappa shape index (κ2) is 5.52. The molecule has 1 N–H and O–H groups in total. The number of hydrogen-bond acceptors (Lipinski definition) is 3. The normalized spacial score (nSPS) is 11.7. The van der Waals surface area contributed by atoms with Gasteiger partial charge in [0.25, 0.3) is 0 Å². The van der Waals surface area contributed by atoms with E-state index in [4.69, 9.17) is 0 Å². The molecular weight excluding hydrogens is 334 g/mol. The van der Waals surface area contributed by atoms with Gasteiger partial charge >= 0.3 is 0 Å². The van der Waals surface area contributed by atoms with Gasteiger partial charge in [0.1, 0.15) is 0 Å². The standard InChI is InChI=1S/C12H12BrNO2S2/c1-9-5-6-17-12(9)8-14-18(15,16)11-4-2-3-10(13)7-11/h2-7,14H,8H2,1H3. The van der Waals surface area contributed by atoms with Crippen molar-refractivity contribution < 1.29 is 8.42 Å². The Hall–Kier alpha value is -0.690. The third-order valence-electron chi connectivity index (χ3n) is 2.50. The Morgan fingerprint density at radius 1 is 1.33 bits per heavy atom. The fourth-order valence-corrected chi connectivity index (χ4v) is 3.99. The third-order valence-corrected chi connectivity index (χ3v) is 5.41. The van der Waals surface area contributed by atoms with Gasteiger partial charge in [0.15, 0.2) is 0 Å². The van der Waals surface area contributed by atoms with Crippen molar-refractivity contribution >= 4 is 37.3 Å². The quantitative estimate of drug-likeness (QED) is 0.923. The first-order valence-corrected chi connectivity index (χ1v) is 8.43. The summed E-state index contributed by atoms with van der Waals surface area (Å²) in [7, 11) is -3.45. The lowest BCUT2D eigenvalue weighted by atomic mass is 10.3. The zero-order chi connectivity index (χ0) is 13.2. The van der Waals surface area contributed by atoms with Crippen LogP contribution in [0.2, 0.25) is 0 Å². The summed E-state index contributed by atoms with van der Waals surface area (Å²) in [5, 5.41) is 1.96. The summed E-state index contributed by atoms with van der Waals surface area (Å²) in [6.07, 6.45) is 0. The number of aryl methyl sites for hydroxylation is 1. The third kappa shape index (κ3) is 3.20. The van der Waals surface area contributed by atoms with Crippen molar-refractivity contribution in [2.75, 3.05) is 0 Å². The molecule has 0 radical (unpaired) electrons. The number of rotatable bonds is 4. The van der Waals surface area contributed by atoms with Gasteiger partial charge in [-0.2, -0.15) is 0 Å². The summed E-state index contributed by atoms with van der Waals surface area (Å²) in [5.41, 5.74) is 1.11. The number of nitrogens with one attached hydrogen (secondary N) is 1. The highest BCUT2D eigenvalue weighted by molar-refractivity contribution is 9.10. The number of sulfonamides is 1. The SMILES string of the molecule is Cc1ccsc1CNS(=O)(=O)c1cccc(Br)c1. The minimum atomic E-state index is -3.45. The van der Waals surface area contributed by atoms with Crippen LogP contribution < -0.4 is 4.72 Å². The number of thiophene rings is 1. The Morgan fingerprint density at radius 2 is 2.11 bits per heavy atom. The fraction of sp³-hybridized carbons (Fsp3) is 0.167. The van der Waals surface area contributed by atoms with E-state index < -0.39 is 10.0 Å². The Kier molecular flexibility index (Phi) is 4.21.